The number of carbonyl (C=O) groups is 4. The van der Waals surface area contributed by atoms with Gasteiger partial charge in [0.2, 0.25) is 11.6 Å². The number of ether oxygens (including phenoxy) is 4. The van der Waals surface area contributed by atoms with Crippen LogP contribution in [0.15, 0.2) is 42.5 Å². The second kappa shape index (κ2) is 14.3. The molecule has 1 saturated heterocycles. The number of phenolic OH excluding ortho intramolecular Hbond substituents is 2. The highest BCUT2D eigenvalue weighted by Crippen LogP contribution is 2.52. The number of benzene rings is 3. The van der Waals surface area contributed by atoms with E-state index in [4.69, 9.17) is 42.6 Å². The average molecular weight is 743 g/mol. The van der Waals surface area contributed by atoms with Gasteiger partial charge in [-0.3, -0.25) is 14.4 Å². The third-order valence-corrected chi connectivity index (χ3v) is 9.64. The number of halogens is 1. The van der Waals surface area contributed by atoms with Gasteiger partial charge in [-0.05, 0) is 25.1 Å². The van der Waals surface area contributed by atoms with Crippen molar-refractivity contribution in [2.45, 2.75) is 62.4 Å². The Bertz CT molecular complexity index is 1940. The molecule has 270 valence electrons. The fourth-order valence-electron chi connectivity index (χ4n) is 6.72. The number of Topliss-reactive ketones (excluding diaryl/α,β-unsaturated/α-hetero) is 1. The first-order chi connectivity index (χ1) is 23.7. The van der Waals surface area contributed by atoms with Gasteiger partial charge in [-0.1, -0.05) is 36.5 Å². The molecule has 0 spiro atoms. The molecule has 0 saturated carbocycles. The Morgan fingerprint density at radius 1 is 1.02 bits per heavy atom. The molecule has 16 heteroatoms. The standard InChI is InChI=1S/C35H34N2O12S.ClH/c1-14-28(39)19(36)10-23(48-14)49-21-12-35(45,22(38)13-47-34(44)16-8-6-15(7-9-16)33(37)50)11-18-25(21)32(43)27-26(30(18)41)29(40)17-4-3-5-20(46-2)24(17)31(27)42;/h3-9,14,19,21,23,28,39,41,43,45H,10-13,36H2,1-2H3,(H2,37,50);1H/t14-,19-,21-,23-,28+,35-;/m0./s1. The SMILES string of the molecule is COc1cccc2c1C(=O)c1c(O)c3c(c(O)c1C2=O)C[C@@](O)(C(=O)COC(=O)c1ccc(C(N)=S)cc1)C[C@@H]3O[C@H]1C[C@H](N)[C@H](O)[C@H](C)O1.Cl. The Labute approximate surface area is 302 Å². The summed E-state index contributed by atoms with van der Waals surface area (Å²) in [7, 11) is 1.31. The van der Waals surface area contributed by atoms with Gasteiger partial charge in [0, 0.05) is 47.6 Å². The summed E-state index contributed by atoms with van der Waals surface area (Å²) in [4.78, 5) is 54.2. The molecule has 1 fully saturated rings. The highest BCUT2D eigenvalue weighted by molar-refractivity contribution is 7.80. The smallest absolute Gasteiger partial charge is 0.338 e. The van der Waals surface area contributed by atoms with Crippen LogP contribution in [0.3, 0.4) is 0 Å². The predicted octanol–water partition coefficient (Wildman–Crippen LogP) is 1.92. The molecule has 3 aromatic rings. The van der Waals surface area contributed by atoms with E-state index in [0.29, 0.717) is 5.56 Å². The van der Waals surface area contributed by atoms with Gasteiger partial charge in [0.15, 0.2) is 18.7 Å². The molecule has 0 bridgehead atoms. The second-order valence-corrected chi connectivity index (χ2v) is 13.0. The lowest BCUT2D eigenvalue weighted by Gasteiger charge is -2.42. The first-order valence-electron chi connectivity index (χ1n) is 15.6. The molecule has 8 N–H and O–H groups in total. The second-order valence-electron chi connectivity index (χ2n) is 12.5. The number of esters is 1. The van der Waals surface area contributed by atoms with Crippen LogP contribution < -0.4 is 16.2 Å². The van der Waals surface area contributed by atoms with Gasteiger partial charge in [-0.2, -0.15) is 0 Å². The number of ketones is 3. The quantitative estimate of drug-likeness (QED) is 0.0859. The third-order valence-electron chi connectivity index (χ3n) is 9.40. The van der Waals surface area contributed by atoms with Crippen molar-refractivity contribution in [3.63, 3.8) is 0 Å². The van der Waals surface area contributed by atoms with Crippen LogP contribution in [0, 0.1) is 0 Å². The summed E-state index contributed by atoms with van der Waals surface area (Å²) in [6.45, 7) is 0.667. The number of methoxy groups -OCH3 is 1. The van der Waals surface area contributed by atoms with Gasteiger partial charge >= 0.3 is 5.97 Å². The number of carbonyl (C=O) groups excluding carboxylic acids is 4. The maximum absolute atomic E-state index is 13.9. The molecule has 0 aromatic heterocycles. The molecule has 51 heavy (non-hydrogen) atoms. The molecule has 1 aliphatic heterocycles. The Balaban J connectivity index is 0.00000504. The zero-order chi connectivity index (χ0) is 36.2. The van der Waals surface area contributed by atoms with E-state index < -0.39 is 102 Å². The molecule has 0 unspecified atom stereocenters. The van der Waals surface area contributed by atoms with E-state index in [1.165, 1.54) is 49.6 Å². The van der Waals surface area contributed by atoms with E-state index in [-0.39, 0.29) is 57.4 Å². The predicted molar refractivity (Wildman–Crippen MR) is 185 cm³/mol. The lowest BCUT2D eigenvalue weighted by atomic mass is 9.72. The molecule has 6 atom stereocenters. The Kier molecular flexibility index (Phi) is 10.6. The molecular formula is C35H35ClN2O12S. The summed E-state index contributed by atoms with van der Waals surface area (Å²) in [5, 5.41) is 45.5. The largest absolute Gasteiger partial charge is 0.507 e. The van der Waals surface area contributed by atoms with Crippen LogP contribution in [0.1, 0.15) is 84.8 Å². The fraction of sp³-hybridized carbons (Fsp3) is 0.343. The Hall–Kier alpha value is -4.48. The van der Waals surface area contributed by atoms with Gasteiger partial charge in [-0.15, -0.1) is 12.4 Å². The van der Waals surface area contributed by atoms with E-state index in [2.05, 4.69) is 0 Å². The van der Waals surface area contributed by atoms with Crippen LogP contribution in [0.5, 0.6) is 17.2 Å². The molecular weight excluding hydrogens is 708 g/mol. The lowest BCUT2D eigenvalue weighted by Crippen LogP contribution is -2.53. The molecule has 6 rings (SSSR count). The number of nitrogens with two attached hydrogens (primary N) is 2. The number of aliphatic hydroxyl groups excluding tert-OH is 1. The van der Waals surface area contributed by atoms with Crippen LogP contribution in [0.25, 0.3) is 0 Å². The third kappa shape index (κ3) is 6.57. The molecule has 0 amide bonds. The molecule has 0 radical (unpaired) electrons. The van der Waals surface area contributed by atoms with Crippen molar-refractivity contribution >= 4 is 52.9 Å². The maximum Gasteiger partial charge on any atom is 0.338 e. The van der Waals surface area contributed by atoms with Gasteiger partial charge in [0.1, 0.15) is 27.8 Å². The van der Waals surface area contributed by atoms with Crippen molar-refractivity contribution in [3.05, 3.63) is 87.0 Å². The summed E-state index contributed by atoms with van der Waals surface area (Å²) in [6, 6.07) is 9.36. The number of rotatable bonds is 8. The first kappa shape index (κ1) is 37.8. The topological polar surface area (TPSA) is 238 Å². The van der Waals surface area contributed by atoms with Crippen molar-refractivity contribution in [2.75, 3.05) is 13.7 Å². The van der Waals surface area contributed by atoms with E-state index in [1.807, 2.05) is 0 Å². The Morgan fingerprint density at radius 2 is 1.67 bits per heavy atom. The highest BCUT2D eigenvalue weighted by Gasteiger charge is 2.50. The zero-order valence-corrected chi connectivity index (χ0v) is 28.9. The van der Waals surface area contributed by atoms with Crippen molar-refractivity contribution in [1.82, 2.24) is 0 Å². The summed E-state index contributed by atoms with van der Waals surface area (Å²) < 4.78 is 22.5. The van der Waals surface area contributed by atoms with Crippen molar-refractivity contribution in [2.24, 2.45) is 11.5 Å². The normalized spacial score (nSPS) is 25.1. The number of hydrogen-bond donors (Lipinski definition) is 6. The number of fused-ring (bicyclic) bond motifs is 3. The number of aliphatic hydroxyl groups is 2. The van der Waals surface area contributed by atoms with Crippen molar-refractivity contribution in [1.29, 1.82) is 0 Å². The van der Waals surface area contributed by atoms with E-state index in [9.17, 15) is 39.6 Å². The Morgan fingerprint density at radius 3 is 2.29 bits per heavy atom. The van der Waals surface area contributed by atoms with Crippen LogP contribution in [-0.2, 0) is 25.4 Å². The van der Waals surface area contributed by atoms with Gasteiger partial charge in [0.05, 0.1) is 47.7 Å². The van der Waals surface area contributed by atoms with Gasteiger partial charge < -0.3 is 50.8 Å². The molecule has 3 aromatic carbocycles. The minimum atomic E-state index is -2.38. The fourth-order valence-corrected chi connectivity index (χ4v) is 6.86. The first-order valence-corrected chi connectivity index (χ1v) is 16.0. The average Bonchev–Trinajstić information content (AvgIpc) is 3.09. The number of phenols is 2. The van der Waals surface area contributed by atoms with E-state index >= 15 is 0 Å². The molecule has 3 aliphatic rings. The van der Waals surface area contributed by atoms with Crippen LogP contribution in [0.4, 0.5) is 0 Å². The maximum atomic E-state index is 13.9. The lowest BCUT2D eigenvalue weighted by molar-refractivity contribution is -0.247. The minimum Gasteiger partial charge on any atom is -0.507 e. The summed E-state index contributed by atoms with van der Waals surface area (Å²) in [5.41, 5.74) is 8.26. The molecule has 1 heterocycles. The highest BCUT2D eigenvalue weighted by atomic mass is 35.5. The number of aromatic hydroxyl groups is 2. The monoisotopic (exact) mass is 742 g/mol. The van der Waals surface area contributed by atoms with Crippen LogP contribution >= 0.6 is 24.6 Å². The molecule has 14 nitrogen and oxygen atoms in total. The van der Waals surface area contributed by atoms with Crippen LogP contribution in [-0.4, -0.2) is 92.6 Å². The summed E-state index contributed by atoms with van der Waals surface area (Å²) >= 11 is 4.92. The van der Waals surface area contributed by atoms with Crippen molar-refractivity contribution in [3.8, 4) is 17.2 Å². The summed E-state index contributed by atoms with van der Waals surface area (Å²) in [5.74, 6) is -4.86. The van der Waals surface area contributed by atoms with Gasteiger partial charge in [-0.25, -0.2) is 4.79 Å². The summed E-state index contributed by atoms with van der Waals surface area (Å²) in [6.07, 6.45) is -5.61. The van der Waals surface area contributed by atoms with E-state index in [0.717, 1.165) is 0 Å². The number of thiocarbonyl (C=S) groups is 1. The molecule has 2 aliphatic carbocycles. The van der Waals surface area contributed by atoms with E-state index in [1.54, 1.807) is 6.92 Å². The zero-order valence-electron chi connectivity index (χ0n) is 27.3. The van der Waals surface area contributed by atoms with Crippen molar-refractivity contribution < 1.29 is 58.6 Å². The minimum absolute atomic E-state index is 0. The number of hydrogen-bond acceptors (Lipinski definition) is 14. The van der Waals surface area contributed by atoms with Gasteiger partial charge in [0.25, 0.3) is 0 Å². The van der Waals surface area contributed by atoms with Crippen LogP contribution in [0.2, 0.25) is 0 Å².